The van der Waals surface area contributed by atoms with E-state index in [1.54, 1.807) is 18.2 Å². The molecule has 122 valence electrons. The molecule has 0 aliphatic carbocycles. The van der Waals surface area contributed by atoms with Gasteiger partial charge in [0.2, 0.25) is 5.95 Å². The molecule has 0 unspecified atom stereocenters. The maximum Gasteiger partial charge on any atom is 0.274 e. The van der Waals surface area contributed by atoms with E-state index in [1.807, 2.05) is 0 Å². The van der Waals surface area contributed by atoms with Gasteiger partial charge >= 0.3 is 0 Å². The number of anilines is 2. The van der Waals surface area contributed by atoms with E-state index in [4.69, 9.17) is 23.2 Å². The van der Waals surface area contributed by atoms with Gasteiger partial charge in [0.15, 0.2) is 0 Å². The smallest absolute Gasteiger partial charge is 0.274 e. The van der Waals surface area contributed by atoms with Crippen LogP contribution < -0.4 is 10.6 Å². The zero-order valence-corrected chi connectivity index (χ0v) is 14.3. The average molecular weight is 353 g/mol. The Morgan fingerprint density at radius 1 is 1.17 bits per heavy atom. The third-order valence-electron chi connectivity index (χ3n) is 3.15. The van der Waals surface area contributed by atoms with E-state index in [1.165, 1.54) is 12.3 Å². The lowest BCUT2D eigenvalue weighted by molar-refractivity contribution is 0.102. The van der Waals surface area contributed by atoms with E-state index < -0.39 is 0 Å². The molecule has 0 bridgehead atoms. The van der Waals surface area contributed by atoms with E-state index in [2.05, 4.69) is 27.5 Å². The molecule has 0 radical (unpaired) electrons. The topological polar surface area (TPSA) is 66.9 Å². The van der Waals surface area contributed by atoms with Crippen molar-refractivity contribution in [3.63, 3.8) is 0 Å². The summed E-state index contributed by atoms with van der Waals surface area (Å²) in [6.45, 7) is 2.91. The number of hydrogen-bond donors (Lipinski definition) is 2. The number of para-hydroxylation sites is 1. The maximum atomic E-state index is 12.3. The van der Waals surface area contributed by atoms with Crippen molar-refractivity contribution in [2.45, 2.75) is 26.2 Å². The fourth-order valence-electron chi connectivity index (χ4n) is 1.94. The van der Waals surface area contributed by atoms with E-state index in [-0.39, 0.29) is 11.6 Å². The Morgan fingerprint density at radius 2 is 1.91 bits per heavy atom. The Hall–Kier alpha value is -1.85. The minimum Gasteiger partial charge on any atom is -0.354 e. The molecule has 0 aliphatic rings. The summed E-state index contributed by atoms with van der Waals surface area (Å²) in [5, 5.41) is 6.53. The molecule has 2 rings (SSSR count). The largest absolute Gasteiger partial charge is 0.354 e. The van der Waals surface area contributed by atoms with Crippen molar-refractivity contribution in [3.8, 4) is 0 Å². The van der Waals surface area contributed by atoms with Crippen LogP contribution in [0.2, 0.25) is 10.0 Å². The summed E-state index contributed by atoms with van der Waals surface area (Å²) in [6, 6.07) is 6.56. The molecule has 7 heteroatoms. The molecule has 23 heavy (non-hydrogen) atoms. The molecule has 0 fully saturated rings. The first kappa shape index (κ1) is 17.5. The molecule has 1 aromatic heterocycles. The minimum absolute atomic E-state index is 0.244. The van der Waals surface area contributed by atoms with Crippen LogP contribution >= 0.6 is 23.2 Å². The fraction of sp³-hybridized carbons (Fsp3) is 0.312. The lowest BCUT2D eigenvalue weighted by atomic mass is 10.2. The van der Waals surface area contributed by atoms with Crippen molar-refractivity contribution in [2.24, 2.45) is 0 Å². The molecule has 1 heterocycles. The van der Waals surface area contributed by atoms with Crippen LogP contribution in [0, 0.1) is 0 Å². The highest BCUT2D eigenvalue weighted by Crippen LogP contribution is 2.30. The number of hydrogen-bond acceptors (Lipinski definition) is 4. The van der Waals surface area contributed by atoms with Gasteiger partial charge in [-0.05, 0) is 24.6 Å². The molecule has 0 saturated heterocycles. The normalized spacial score (nSPS) is 10.4. The number of carbonyl (C=O) groups is 1. The summed E-state index contributed by atoms with van der Waals surface area (Å²) in [4.78, 5) is 20.6. The van der Waals surface area contributed by atoms with Crippen LogP contribution in [0.4, 0.5) is 11.6 Å². The molecule has 0 spiro atoms. The molecule has 0 aliphatic heterocycles. The van der Waals surface area contributed by atoms with Gasteiger partial charge in [-0.3, -0.25) is 4.79 Å². The Bertz CT molecular complexity index is 659. The predicted octanol–water partition coefficient (Wildman–Crippen LogP) is 4.64. The highest BCUT2D eigenvalue weighted by atomic mass is 35.5. The Balaban J connectivity index is 2.05. The second-order valence-electron chi connectivity index (χ2n) is 4.95. The first-order valence-electron chi connectivity index (χ1n) is 7.44. The summed E-state index contributed by atoms with van der Waals surface area (Å²) in [6.07, 6.45) is 4.85. The molecule has 0 saturated carbocycles. The zero-order valence-electron chi connectivity index (χ0n) is 12.8. The number of nitrogens with one attached hydrogen (secondary N) is 2. The highest BCUT2D eigenvalue weighted by Gasteiger charge is 2.13. The number of aromatic nitrogens is 2. The van der Waals surface area contributed by atoms with Crippen LogP contribution in [0.15, 0.2) is 30.5 Å². The summed E-state index contributed by atoms with van der Waals surface area (Å²) in [5.74, 6) is 0.0398. The van der Waals surface area contributed by atoms with E-state index in [0.29, 0.717) is 21.7 Å². The summed E-state index contributed by atoms with van der Waals surface area (Å²) in [7, 11) is 0. The van der Waals surface area contributed by atoms with Gasteiger partial charge < -0.3 is 10.6 Å². The van der Waals surface area contributed by atoms with Gasteiger partial charge in [-0.25, -0.2) is 9.97 Å². The summed E-state index contributed by atoms with van der Waals surface area (Å²) >= 11 is 12.1. The Morgan fingerprint density at radius 3 is 2.61 bits per heavy atom. The van der Waals surface area contributed by atoms with Crippen molar-refractivity contribution in [3.05, 3.63) is 46.2 Å². The second-order valence-corrected chi connectivity index (χ2v) is 5.76. The summed E-state index contributed by atoms with van der Waals surface area (Å²) in [5.41, 5.74) is 0.617. The van der Waals surface area contributed by atoms with Crippen LogP contribution in [-0.2, 0) is 0 Å². The quantitative estimate of drug-likeness (QED) is 0.712. The minimum atomic E-state index is -0.390. The Kier molecular flexibility index (Phi) is 6.62. The number of amides is 1. The van der Waals surface area contributed by atoms with Gasteiger partial charge in [0.25, 0.3) is 5.91 Å². The third kappa shape index (κ3) is 5.08. The fourth-order valence-corrected chi connectivity index (χ4v) is 2.43. The molecule has 1 aromatic carbocycles. The molecule has 2 N–H and O–H groups in total. The number of nitrogens with zero attached hydrogens (tertiary/aromatic N) is 2. The standard InChI is InChI=1S/C16H18Cl2N4O/c1-2-3-4-9-19-16-20-10-8-13(21-16)15(23)22-14-11(17)6-5-7-12(14)18/h5-8,10H,2-4,9H2,1H3,(H,22,23)(H,19,20,21). The maximum absolute atomic E-state index is 12.3. The molecular weight excluding hydrogens is 335 g/mol. The van der Waals surface area contributed by atoms with E-state index in [0.717, 1.165) is 25.8 Å². The molecular formula is C16H18Cl2N4O. The first-order valence-corrected chi connectivity index (χ1v) is 8.19. The van der Waals surface area contributed by atoms with Crippen molar-refractivity contribution in [1.29, 1.82) is 0 Å². The highest BCUT2D eigenvalue weighted by molar-refractivity contribution is 6.39. The van der Waals surface area contributed by atoms with Crippen LogP contribution in [0.1, 0.15) is 36.7 Å². The van der Waals surface area contributed by atoms with Crippen LogP contribution in [0.3, 0.4) is 0 Å². The SMILES string of the molecule is CCCCCNc1nccc(C(=O)Nc2c(Cl)cccc2Cl)n1. The van der Waals surface area contributed by atoms with Gasteiger partial charge in [-0.2, -0.15) is 0 Å². The molecule has 0 atom stereocenters. The lowest BCUT2D eigenvalue weighted by Gasteiger charge is -2.09. The van der Waals surface area contributed by atoms with Crippen molar-refractivity contribution < 1.29 is 4.79 Å². The van der Waals surface area contributed by atoms with Gasteiger partial charge in [0.1, 0.15) is 5.69 Å². The second kappa shape index (κ2) is 8.70. The van der Waals surface area contributed by atoms with E-state index in [9.17, 15) is 4.79 Å². The predicted molar refractivity (Wildman–Crippen MR) is 94.5 cm³/mol. The average Bonchev–Trinajstić information content (AvgIpc) is 2.55. The Labute approximate surface area is 145 Å². The van der Waals surface area contributed by atoms with Gasteiger partial charge in [-0.1, -0.05) is 49.0 Å². The van der Waals surface area contributed by atoms with Crippen molar-refractivity contribution in [1.82, 2.24) is 9.97 Å². The van der Waals surface area contributed by atoms with Gasteiger partial charge in [0.05, 0.1) is 15.7 Å². The number of rotatable bonds is 7. The number of halogens is 2. The van der Waals surface area contributed by atoms with Gasteiger partial charge in [0, 0.05) is 12.7 Å². The number of benzene rings is 1. The monoisotopic (exact) mass is 352 g/mol. The number of carbonyl (C=O) groups excluding carboxylic acids is 1. The van der Waals surface area contributed by atoms with Crippen molar-refractivity contribution >= 4 is 40.7 Å². The molecule has 5 nitrogen and oxygen atoms in total. The number of unbranched alkanes of at least 4 members (excludes halogenated alkanes) is 2. The summed E-state index contributed by atoms with van der Waals surface area (Å²) < 4.78 is 0. The van der Waals surface area contributed by atoms with Gasteiger partial charge in [-0.15, -0.1) is 0 Å². The van der Waals surface area contributed by atoms with E-state index >= 15 is 0 Å². The third-order valence-corrected chi connectivity index (χ3v) is 3.78. The van der Waals surface area contributed by atoms with Crippen LogP contribution in [0.25, 0.3) is 0 Å². The first-order chi connectivity index (χ1) is 11.1. The zero-order chi connectivity index (χ0) is 16.7. The van der Waals surface area contributed by atoms with Crippen LogP contribution in [-0.4, -0.2) is 22.4 Å². The molecule has 2 aromatic rings. The van der Waals surface area contributed by atoms with Crippen LogP contribution in [0.5, 0.6) is 0 Å². The lowest BCUT2D eigenvalue weighted by Crippen LogP contribution is -2.16. The molecule has 1 amide bonds. The van der Waals surface area contributed by atoms with Crippen molar-refractivity contribution in [2.75, 3.05) is 17.2 Å².